The first-order valence-corrected chi connectivity index (χ1v) is 7.18. The second-order valence-electron chi connectivity index (χ2n) is 6.81. The zero-order valence-corrected chi connectivity index (χ0v) is 13.5. The van der Waals surface area contributed by atoms with Crippen molar-refractivity contribution in [3.63, 3.8) is 0 Å². The van der Waals surface area contributed by atoms with Crippen molar-refractivity contribution in [2.75, 3.05) is 6.54 Å². The van der Waals surface area contributed by atoms with Gasteiger partial charge in [-0.15, -0.1) is 0 Å². The number of carboxylic acid groups (broad SMARTS) is 1. The molecule has 1 amide bonds. The molecule has 0 saturated carbocycles. The minimum absolute atomic E-state index is 0.0891. The Morgan fingerprint density at radius 2 is 1.81 bits per heavy atom. The van der Waals surface area contributed by atoms with E-state index < -0.39 is 11.9 Å². The van der Waals surface area contributed by atoms with E-state index in [0.29, 0.717) is 12.0 Å². The number of rotatable bonds is 5. The molecule has 0 aromatic heterocycles. The summed E-state index contributed by atoms with van der Waals surface area (Å²) in [5.41, 5.74) is 2.65. The number of aryl methyl sites for hydroxylation is 2. The fourth-order valence-electron chi connectivity index (χ4n) is 2.19. The third-order valence-electron chi connectivity index (χ3n) is 3.49. The normalized spacial score (nSPS) is 12.8. The summed E-state index contributed by atoms with van der Waals surface area (Å²) in [4.78, 5) is 23.4. The van der Waals surface area contributed by atoms with E-state index in [4.69, 9.17) is 0 Å². The number of carbonyl (C=O) groups is 2. The van der Waals surface area contributed by atoms with E-state index >= 15 is 0 Å². The summed E-state index contributed by atoms with van der Waals surface area (Å²) >= 11 is 0. The highest BCUT2D eigenvalue weighted by Gasteiger charge is 2.25. The van der Waals surface area contributed by atoms with Crippen molar-refractivity contribution in [1.82, 2.24) is 5.32 Å². The molecule has 2 N–H and O–H groups in total. The van der Waals surface area contributed by atoms with Crippen molar-refractivity contribution in [2.24, 2.45) is 11.3 Å². The Bertz CT molecular complexity index is 529. The van der Waals surface area contributed by atoms with Gasteiger partial charge in [0, 0.05) is 12.1 Å². The second kappa shape index (κ2) is 6.74. The molecular weight excluding hydrogens is 266 g/mol. The Morgan fingerprint density at radius 1 is 1.19 bits per heavy atom. The Morgan fingerprint density at radius 3 is 2.29 bits per heavy atom. The van der Waals surface area contributed by atoms with Crippen LogP contribution in [0.2, 0.25) is 0 Å². The number of benzene rings is 1. The van der Waals surface area contributed by atoms with Crippen molar-refractivity contribution in [3.8, 4) is 0 Å². The van der Waals surface area contributed by atoms with Crippen LogP contribution in [0.1, 0.15) is 48.7 Å². The fourth-order valence-corrected chi connectivity index (χ4v) is 2.19. The van der Waals surface area contributed by atoms with Gasteiger partial charge >= 0.3 is 5.97 Å². The molecule has 1 aromatic rings. The zero-order chi connectivity index (χ0) is 16.2. The molecule has 0 fully saturated rings. The number of aliphatic carboxylic acids is 1. The first-order valence-electron chi connectivity index (χ1n) is 7.18. The SMILES string of the molecule is Cc1ccc(C(=O)NCC(CC(C)(C)C)C(=O)O)cc1C. The predicted octanol–water partition coefficient (Wildman–Crippen LogP) is 3.17. The Balaban J connectivity index is 2.69. The summed E-state index contributed by atoms with van der Waals surface area (Å²) in [6.07, 6.45) is 0.523. The van der Waals surface area contributed by atoms with E-state index in [1.165, 1.54) is 0 Å². The molecule has 1 unspecified atom stereocenters. The highest BCUT2D eigenvalue weighted by molar-refractivity contribution is 5.94. The van der Waals surface area contributed by atoms with Gasteiger partial charge in [-0.3, -0.25) is 9.59 Å². The van der Waals surface area contributed by atoms with Crippen molar-refractivity contribution in [2.45, 2.75) is 41.0 Å². The minimum atomic E-state index is -0.870. The lowest BCUT2D eigenvalue weighted by Crippen LogP contribution is -2.35. The Labute approximate surface area is 126 Å². The van der Waals surface area contributed by atoms with E-state index in [1.54, 1.807) is 6.07 Å². The average molecular weight is 291 g/mol. The van der Waals surface area contributed by atoms with E-state index in [9.17, 15) is 14.7 Å². The molecular formula is C17H25NO3. The van der Waals surface area contributed by atoms with Crippen LogP contribution in [0.4, 0.5) is 0 Å². The van der Waals surface area contributed by atoms with Gasteiger partial charge in [0.2, 0.25) is 0 Å². The van der Waals surface area contributed by atoms with Gasteiger partial charge in [0.25, 0.3) is 5.91 Å². The van der Waals surface area contributed by atoms with Crippen LogP contribution < -0.4 is 5.32 Å². The van der Waals surface area contributed by atoms with Crippen LogP contribution in [-0.2, 0) is 4.79 Å². The molecule has 1 rings (SSSR count). The lowest BCUT2D eigenvalue weighted by molar-refractivity contribution is -0.142. The number of hydrogen-bond donors (Lipinski definition) is 2. The largest absolute Gasteiger partial charge is 0.481 e. The van der Waals surface area contributed by atoms with Gasteiger partial charge in [-0.1, -0.05) is 26.8 Å². The fraction of sp³-hybridized carbons (Fsp3) is 0.529. The lowest BCUT2D eigenvalue weighted by atomic mass is 9.84. The van der Waals surface area contributed by atoms with Gasteiger partial charge in [-0.25, -0.2) is 0 Å². The van der Waals surface area contributed by atoms with E-state index in [2.05, 4.69) is 5.32 Å². The molecule has 1 aromatic carbocycles. The summed E-state index contributed by atoms with van der Waals surface area (Å²) < 4.78 is 0. The van der Waals surface area contributed by atoms with E-state index in [-0.39, 0.29) is 17.9 Å². The maximum Gasteiger partial charge on any atom is 0.308 e. The maximum atomic E-state index is 12.1. The summed E-state index contributed by atoms with van der Waals surface area (Å²) in [7, 11) is 0. The van der Waals surface area contributed by atoms with Crippen LogP contribution >= 0.6 is 0 Å². The van der Waals surface area contributed by atoms with Gasteiger partial charge < -0.3 is 10.4 Å². The molecule has 1 atom stereocenters. The molecule has 4 heteroatoms. The maximum absolute atomic E-state index is 12.1. The summed E-state index contributed by atoms with van der Waals surface area (Å²) in [6.45, 7) is 10.1. The highest BCUT2D eigenvalue weighted by atomic mass is 16.4. The number of amides is 1. The van der Waals surface area contributed by atoms with Crippen LogP contribution in [-0.4, -0.2) is 23.5 Å². The number of carboxylic acids is 1. The molecule has 0 saturated heterocycles. The van der Waals surface area contributed by atoms with Crippen molar-refractivity contribution in [1.29, 1.82) is 0 Å². The van der Waals surface area contributed by atoms with Crippen LogP contribution in [0.15, 0.2) is 18.2 Å². The monoisotopic (exact) mass is 291 g/mol. The summed E-state index contributed by atoms with van der Waals surface area (Å²) in [5.74, 6) is -1.66. The van der Waals surface area contributed by atoms with Gasteiger partial charge in [-0.05, 0) is 48.9 Å². The number of carbonyl (C=O) groups excluding carboxylic acids is 1. The topological polar surface area (TPSA) is 66.4 Å². The van der Waals surface area contributed by atoms with Crippen LogP contribution in [0, 0.1) is 25.2 Å². The Hall–Kier alpha value is -1.84. The van der Waals surface area contributed by atoms with Gasteiger partial charge in [0.1, 0.15) is 0 Å². The number of hydrogen-bond acceptors (Lipinski definition) is 2. The summed E-state index contributed by atoms with van der Waals surface area (Å²) in [5, 5.41) is 12.0. The third kappa shape index (κ3) is 5.58. The highest BCUT2D eigenvalue weighted by Crippen LogP contribution is 2.24. The Kier molecular flexibility index (Phi) is 5.53. The first kappa shape index (κ1) is 17.2. The second-order valence-corrected chi connectivity index (χ2v) is 6.81. The van der Waals surface area contributed by atoms with Crippen LogP contribution in [0.3, 0.4) is 0 Å². The first-order chi connectivity index (χ1) is 9.60. The smallest absolute Gasteiger partial charge is 0.308 e. The molecule has 0 aliphatic heterocycles. The third-order valence-corrected chi connectivity index (χ3v) is 3.49. The average Bonchev–Trinajstić information content (AvgIpc) is 2.35. The van der Waals surface area contributed by atoms with Crippen molar-refractivity contribution in [3.05, 3.63) is 34.9 Å². The molecule has 4 nitrogen and oxygen atoms in total. The van der Waals surface area contributed by atoms with Crippen LogP contribution in [0.25, 0.3) is 0 Å². The van der Waals surface area contributed by atoms with Gasteiger partial charge in [0.05, 0.1) is 5.92 Å². The predicted molar refractivity (Wildman–Crippen MR) is 83.4 cm³/mol. The quantitative estimate of drug-likeness (QED) is 0.875. The van der Waals surface area contributed by atoms with E-state index in [1.807, 2.05) is 46.8 Å². The standard InChI is InChI=1S/C17H25NO3/c1-11-6-7-13(8-12(11)2)15(19)18-10-14(16(20)21)9-17(3,4)5/h6-8,14H,9-10H2,1-5H3,(H,18,19)(H,20,21). The molecule has 0 radical (unpaired) electrons. The zero-order valence-electron chi connectivity index (χ0n) is 13.5. The van der Waals surface area contributed by atoms with Crippen molar-refractivity contribution >= 4 is 11.9 Å². The molecule has 21 heavy (non-hydrogen) atoms. The molecule has 0 bridgehead atoms. The molecule has 0 aliphatic carbocycles. The molecule has 0 spiro atoms. The van der Waals surface area contributed by atoms with E-state index in [0.717, 1.165) is 11.1 Å². The summed E-state index contributed by atoms with van der Waals surface area (Å²) in [6, 6.07) is 5.48. The molecule has 116 valence electrons. The number of nitrogens with one attached hydrogen (secondary N) is 1. The van der Waals surface area contributed by atoms with Gasteiger partial charge in [0.15, 0.2) is 0 Å². The molecule has 0 heterocycles. The molecule has 0 aliphatic rings. The minimum Gasteiger partial charge on any atom is -0.481 e. The van der Waals surface area contributed by atoms with Gasteiger partial charge in [-0.2, -0.15) is 0 Å². The van der Waals surface area contributed by atoms with Crippen molar-refractivity contribution < 1.29 is 14.7 Å². The lowest BCUT2D eigenvalue weighted by Gasteiger charge is -2.23. The van der Waals surface area contributed by atoms with Crippen LogP contribution in [0.5, 0.6) is 0 Å².